The second-order valence-electron chi connectivity index (χ2n) is 5.10. The van der Waals surface area contributed by atoms with E-state index < -0.39 is 0 Å². The minimum atomic E-state index is -0.0325. The number of rotatable bonds is 4. The van der Waals surface area contributed by atoms with Gasteiger partial charge in [0.25, 0.3) is 0 Å². The summed E-state index contributed by atoms with van der Waals surface area (Å²) in [5.74, 6) is -0.0325. The van der Waals surface area contributed by atoms with Crippen LogP contribution in [0.1, 0.15) is 27.2 Å². The number of nitrogens with one attached hydrogen (secondary N) is 2. The molecule has 0 saturated heterocycles. The van der Waals surface area contributed by atoms with Crippen molar-refractivity contribution in [2.45, 2.75) is 32.7 Å². The van der Waals surface area contributed by atoms with Crippen LogP contribution in [0.2, 0.25) is 5.02 Å². The minimum absolute atomic E-state index is 0.0286. The van der Waals surface area contributed by atoms with Crippen LogP contribution in [0, 0.1) is 3.57 Å². The van der Waals surface area contributed by atoms with Gasteiger partial charge in [0.1, 0.15) is 0 Å². The Morgan fingerprint density at radius 3 is 2.61 bits per heavy atom. The molecule has 0 heterocycles. The quantitative estimate of drug-likeness (QED) is 0.783. The summed E-state index contributed by atoms with van der Waals surface area (Å²) in [4.78, 5) is 11.7. The molecule has 1 aromatic carbocycles. The van der Waals surface area contributed by atoms with Gasteiger partial charge in [-0.05, 0) is 61.6 Å². The lowest BCUT2D eigenvalue weighted by Crippen LogP contribution is -2.37. The molecule has 0 aliphatic rings. The van der Waals surface area contributed by atoms with Crippen molar-refractivity contribution >= 4 is 45.8 Å². The Morgan fingerprint density at radius 2 is 2.06 bits per heavy atom. The number of halogens is 2. The summed E-state index contributed by atoms with van der Waals surface area (Å²) in [5.41, 5.74) is 0.693. The third kappa shape index (κ3) is 6.02. The topological polar surface area (TPSA) is 41.1 Å². The van der Waals surface area contributed by atoms with Crippen LogP contribution in [0.25, 0.3) is 0 Å². The molecule has 1 amide bonds. The molecule has 0 aromatic heterocycles. The lowest BCUT2D eigenvalue weighted by Gasteiger charge is -2.20. The maximum Gasteiger partial charge on any atom is 0.225 e. The van der Waals surface area contributed by atoms with Crippen LogP contribution in [0.3, 0.4) is 0 Å². The summed E-state index contributed by atoms with van der Waals surface area (Å²) in [6.45, 7) is 6.86. The third-order valence-corrected chi connectivity index (χ3v) is 3.20. The molecule has 0 aliphatic heterocycles. The Hall–Kier alpha value is -0.330. The highest BCUT2D eigenvalue weighted by molar-refractivity contribution is 14.1. The lowest BCUT2D eigenvalue weighted by atomic mass is 10.1. The number of amides is 1. The van der Waals surface area contributed by atoms with Crippen LogP contribution >= 0.6 is 34.2 Å². The second kappa shape index (κ2) is 6.73. The van der Waals surface area contributed by atoms with Crippen LogP contribution < -0.4 is 10.6 Å². The highest BCUT2D eigenvalue weighted by Crippen LogP contribution is 2.23. The Balaban J connectivity index is 2.45. The fraction of sp³-hybridized carbons (Fsp3) is 0.462. The number of benzene rings is 1. The van der Waals surface area contributed by atoms with E-state index in [-0.39, 0.29) is 11.4 Å². The normalized spacial score (nSPS) is 11.4. The molecule has 5 heteroatoms. The molecule has 0 aliphatic carbocycles. The maximum atomic E-state index is 11.7. The molecule has 2 N–H and O–H groups in total. The van der Waals surface area contributed by atoms with Crippen molar-refractivity contribution in [2.24, 2.45) is 0 Å². The first kappa shape index (κ1) is 15.7. The molecule has 0 spiro atoms. The molecule has 1 aromatic rings. The molecule has 0 radical (unpaired) electrons. The summed E-state index contributed by atoms with van der Waals surface area (Å²) < 4.78 is 1.05. The van der Waals surface area contributed by atoms with Crippen molar-refractivity contribution in [1.82, 2.24) is 5.32 Å². The van der Waals surface area contributed by atoms with E-state index in [1.54, 1.807) is 0 Å². The number of hydrogen-bond donors (Lipinski definition) is 2. The Bertz CT molecular complexity index is 429. The first-order valence-corrected chi connectivity index (χ1v) is 7.23. The van der Waals surface area contributed by atoms with E-state index in [2.05, 4.69) is 54.0 Å². The number of carbonyl (C=O) groups excluding carboxylic acids is 1. The molecule has 0 atom stereocenters. The van der Waals surface area contributed by atoms with Gasteiger partial charge in [0.2, 0.25) is 5.91 Å². The van der Waals surface area contributed by atoms with E-state index in [9.17, 15) is 4.79 Å². The Labute approximate surface area is 127 Å². The van der Waals surface area contributed by atoms with Gasteiger partial charge in [0.15, 0.2) is 0 Å². The minimum Gasteiger partial charge on any atom is -0.325 e. The summed E-state index contributed by atoms with van der Waals surface area (Å²) in [6.07, 6.45) is 0.430. The molecule has 3 nitrogen and oxygen atoms in total. The first-order valence-electron chi connectivity index (χ1n) is 5.78. The SMILES string of the molecule is CC(C)(C)NCCC(=O)Nc1ccc(I)cc1Cl. The van der Waals surface area contributed by atoms with Crippen molar-refractivity contribution < 1.29 is 4.79 Å². The molecule has 1 rings (SSSR count). The average Bonchev–Trinajstić information content (AvgIpc) is 2.20. The molecule has 100 valence electrons. The Morgan fingerprint density at radius 1 is 1.39 bits per heavy atom. The molecule has 18 heavy (non-hydrogen) atoms. The second-order valence-corrected chi connectivity index (χ2v) is 6.75. The zero-order chi connectivity index (χ0) is 13.8. The summed E-state index contributed by atoms with van der Waals surface area (Å²) in [6, 6.07) is 5.56. The van der Waals surface area contributed by atoms with Gasteiger partial charge in [0.05, 0.1) is 10.7 Å². The van der Waals surface area contributed by atoms with Gasteiger partial charge < -0.3 is 10.6 Å². The molecule has 0 fully saturated rings. The molecule has 0 bridgehead atoms. The van der Waals surface area contributed by atoms with Crippen molar-refractivity contribution in [2.75, 3.05) is 11.9 Å². The van der Waals surface area contributed by atoms with E-state index in [0.717, 1.165) is 3.57 Å². The number of anilines is 1. The van der Waals surface area contributed by atoms with Crippen LogP contribution in [-0.4, -0.2) is 18.0 Å². The van der Waals surface area contributed by atoms with Gasteiger partial charge in [0, 0.05) is 22.1 Å². The third-order valence-electron chi connectivity index (χ3n) is 2.21. The highest BCUT2D eigenvalue weighted by atomic mass is 127. The van der Waals surface area contributed by atoms with Gasteiger partial charge >= 0.3 is 0 Å². The van der Waals surface area contributed by atoms with Gasteiger partial charge in [-0.3, -0.25) is 4.79 Å². The first-order chi connectivity index (χ1) is 8.28. The van der Waals surface area contributed by atoms with Crippen LogP contribution in [-0.2, 0) is 4.79 Å². The molecule has 0 unspecified atom stereocenters. The fourth-order valence-corrected chi connectivity index (χ4v) is 2.26. The fourth-order valence-electron chi connectivity index (χ4n) is 1.35. The highest BCUT2D eigenvalue weighted by Gasteiger charge is 2.10. The van der Waals surface area contributed by atoms with E-state index in [1.165, 1.54) is 0 Å². The number of carbonyl (C=O) groups is 1. The van der Waals surface area contributed by atoms with E-state index in [4.69, 9.17) is 11.6 Å². The molecular formula is C13H18ClIN2O. The standard InChI is InChI=1S/C13H18ClIN2O/c1-13(2,3)16-7-6-12(18)17-11-5-4-9(15)8-10(11)14/h4-5,8,16H,6-7H2,1-3H3,(H,17,18). The largest absolute Gasteiger partial charge is 0.325 e. The monoisotopic (exact) mass is 380 g/mol. The van der Waals surface area contributed by atoms with Crippen molar-refractivity contribution in [3.63, 3.8) is 0 Å². The lowest BCUT2D eigenvalue weighted by molar-refractivity contribution is -0.116. The van der Waals surface area contributed by atoms with Crippen molar-refractivity contribution in [3.8, 4) is 0 Å². The maximum absolute atomic E-state index is 11.7. The van der Waals surface area contributed by atoms with Crippen molar-refractivity contribution in [1.29, 1.82) is 0 Å². The average molecular weight is 381 g/mol. The number of hydrogen-bond acceptors (Lipinski definition) is 2. The van der Waals surface area contributed by atoms with E-state index >= 15 is 0 Å². The van der Waals surface area contributed by atoms with Gasteiger partial charge in [-0.2, -0.15) is 0 Å². The van der Waals surface area contributed by atoms with Crippen LogP contribution in [0.5, 0.6) is 0 Å². The smallest absolute Gasteiger partial charge is 0.225 e. The summed E-state index contributed by atoms with van der Waals surface area (Å²) in [5, 5.41) is 6.65. The summed E-state index contributed by atoms with van der Waals surface area (Å²) >= 11 is 8.23. The van der Waals surface area contributed by atoms with Gasteiger partial charge in [-0.1, -0.05) is 11.6 Å². The van der Waals surface area contributed by atoms with E-state index in [0.29, 0.717) is 23.7 Å². The van der Waals surface area contributed by atoms with Gasteiger partial charge in [-0.15, -0.1) is 0 Å². The van der Waals surface area contributed by atoms with Crippen molar-refractivity contribution in [3.05, 3.63) is 26.8 Å². The predicted octanol–water partition coefficient (Wildman–Crippen LogP) is 3.66. The van der Waals surface area contributed by atoms with Crippen LogP contribution in [0.15, 0.2) is 18.2 Å². The van der Waals surface area contributed by atoms with Gasteiger partial charge in [-0.25, -0.2) is 0 Å². The predicted molar refractivity (Wildman–Crippen MR) is 85.2 cm³/mol. The zero-order valence-electron chi connectivity index (χ0n) is 10.8. The Kier molecular flexibility index (Phi) is 5.88. The van der Waals surface area contributed by atoms with Crippen LogP contribution in [0.4, 0.5) is 5.69 Å². The zero-order valence-corrected chi connectivity index (χ0v) is 13.7. The van der Waals surface area contributed by atoms with E-state index in [1.807, 2.05) is 18.2 Å². The summed E-state index contributed by atoms with van der Waals surface area (Å²) in [7, 11) is 0. The molecular weight excluding hydrogens is 363 g/mol. The molecule has 0 saturated carbocycles.